The Labute approximate surface area is 138 Å². The van der Waals surface area contributed by atoms with Crippen molar-refractivity contribution in [1.29, 1.82) is 0 Å². The zero-order chi connectivity index (χ0) is 16.7. The molecule has 0 radical (unpaired) electrons. The molecule has 3 aromatic rings. The first kappa shape index (κ1) is 15.0. The van der Waals surface area contributed by atoms with Crippen molar-refractivity contribution in [2.75, 3.05) is 0 Å². The molecule has 2 aromatic heterocycles. The molecule has 0 bridgehead atoms. The normalized spacial score (nSPS) is 18.5. The van der Waals surface area contributed by atoms with Crippen LogP contribution >= 0.6 is 0 Å². The Balaban J connectivity index is 1.82. The summed E-state index contributed by atoms with van der Waals surface area (Å²) in [5, 5.41) is 7.92. The van der Waals surface area contributed by atoms with E-state index in [1.54, 1.807) is 6.92 Å². The first-order chi connectivity index (χ1) is 11.6. The third-order valence-corrected chi connectivity index (χ3v) is 5.87. The first-order valence-electron chi connectivity index (χ1n) is 7.43. The van der Waals surface area contributed by atoms with Gasteiger partial charge in [0.2, 0.25) is 11.8 Å². The van der Waals surface area contributed by atoms with Gasteiger partial charge >= 0.3 is 0 Å². The van der Waals surface area contributed by atoms with Gasteiger partial charge in [-0.1, -0.05) is 24.3 Å². The van der Waals surface area contributed by atoms with Crippen molar-refractivity contribution in [3.05, 3.63) is 59.7 Å². The van der Waals surface area contributed by atoms with Crippen LogP contribution in [0.3, 0.4) is 0 Å². The van der Waals surface area contributed by atoms with Gasteiger partial charge < -0.3 is 9.40 Å². The fourth-order valence-corrected chi connectivity index (χ4v) is 4.38. The summed E-state index contributed by atoms with van der Waals surface area (Å²) in [7, 11) is -3.76. The van der Waals surface area contributed by atoms with Crippen LogP contribution in [0.25, 0.3) is 0 Å². The number of nitrogens with one attached hydrogen (secondary N) is 1. The number of benzene rings is 1. The number of nitrogens with zero attached hydrogens (tertiary/aromatic N) is 4. The van der Waals surface area contributed by atoms with Gasteiger partial charge in [0.15, 0.2) is 5.03 Å². The second-order valence-electron chi connectivity index (χ2n) is 5.61. The summed E-state index contributed by atoms with van der Waals surface area (Å²) in [5.74, 6) is 0.702. The molecule has 0 spiro atoms. The van der Waals surface area contributed by atoms with Gasteiger partial charge in [0.05, 0.1) is 12.5 Å². The molecule has 0 saturated heterocycles. The van der Waals surface area contributed by atoms with E-state index in [0.717, 1.165) is 11.1 Å². The van der Waals surface area contributed by atoms with Crippen LogP contribution in [0.1, 0.15) is 29.0 Å². The number of fused-ring (bicyclic) bond motifs is 1. The minimum Gasteiger partial charge on any atom is -0.424 e. The van der Waals surface area contributed by atoms with Crippen LogP contribution in [-0.2, 0) is 23.0 Å². The Hall–Kier alpha value is -2.52. The number of sulfonamides is 1. The van der Waals surface area contributed by atoms with Crippen LogP contribution in [0, 0.1) is 6.92 Å². The molecule has 0 fully saturated rings. The smallest absolute Gasteiger partial charge is 0.261 e. The van der Waals surface area contributed by atoms with E-state index in [1.165, 1.54) is 16.8 Å². The van der Waals surface area contributed by atoms with Crippen LogP contribution in [-0.4, -0.2) is 32.9 Å². The summed E-state index contributed by atoms with van der Waals surface area (Å²) in [5.41, 5.74) is 2.04. The molecule has 1 aliphatic rings. The zero-order valence-corrected chi connectivity index (χ0v) is 13.7. The highest BCUT2D eigenvalue weighted by Gasteiger charge is 2.39. The minimum absolute atomic E-state index is 0.0446. The van der Waals surface area contributed by atoms with Crippen molar-refractivity contribution in [1.82, 2.24) is 24.5 Å². The highest BCUT2D eigenvalue weighted by atomic mass is 32.2. The van der Waals surface area contributed by atoms with E-state index >= 15 is 0 Å². The zero-order valence-electron chi connectivity index (χ0n) is 12.9. The Morgan fingerprint density at radius 1 is 1.25 bits per heavy atom. The molecule has 1 atom stereocenters. The molecule has 9 heteroatoms. The summed E-state index contributed by atoms with van der Waals surface area (Å²) in [4.78, 5) is 6.49. The van der Waals surface area contributed by atoms with Gasteiger partial charge in [-0.3, -0.25) is 0 Å². The Morgan fingerprint density at radius 3 is 2.71 bits per heavy atom. The summed E-state index contributed by atoms with van der Waals surface area (Å²) < 4.78 is 32.9. The lowest BCUT2D eigenvalue weighted by atomic mass is 9.96. The molecule has 0 amide bonds. The van der Waals surface area contributed by atoms with Crippen LogP contribution < -0.4 is 0 Å². The van der Waals surface area contributed by atoms with Gasteiger partial charge in [-0.25, -0.2) is 13.4 Å². The van der Waals surface area contributed by atoms with Gasteiger partial charge in [0, 0.05) is 13.5 Å². The molecule has 0 aliphatic carbocycles. The lowest BCUT2D eigenvalue weighted by Gasteiger charge is -2.33. The maximum absolute atomic E-state index is 13.0. The minimum atomic E-state index is -3.76. The van der Waals surface area contributed by atoms with Crippen LogP contribution in [0.15, 0.2) is 46.2 Å². The van der Waals surface area contributed by atoms with E-state index in [2.05, 4.69) is 20.2 Å². The molecular formula is C15H15N5O3S. The number of rotatable bonds is 3. The molecule has 1 unspecified atom stereocenters. The van der Waals surface area contributed by atoms with E-state index in [4.69, 9.17) is 4.42 Å². The van der Waals surface area contributed by atoms with Crippen molar-refractivity contribution in [3.8, 4) is 0 Å². The van der Waals surface area contributed by atoms with Gasteiger partial charge in [-0.05, 0) is 17.5 Å². The van der Waals surface area contributed by atoms with E-state index in [1.807, 2.05) is 24.3 Å². The SMILES string of the molecule is Cc1nnc(C2Cc3ccccc3CN2S(=O)(=O)c2cnc[nH]2)o1. The molecule has 1 N–H and O–H groups in total. The first-order valence-corrected chi connectivity index (χ1v) is 8.87. The fraction of sp³-hybridized carbons (Fsp3) is 0.267. The van der Waals surface area contributed by atoms with Gasteiger partial charge in [-0.15, -0.1) is 10.2 Å². The number of aryl methyl sites for hydroxylation is 1. The molecule has 24 heavy (non-hydrogen) atoms. The third kappa shape index (κ3) is 2.42. The van der Waals surface area contributed by atoms with E-state index in [0.29, 0.717) is 18.2 Å². The number of hydrogen-bond donors (Lipinski definition) is 1. The number of aromatic nitrogens is 4. The van der Waals surface area contributed by atoms with E-state index in [-0.39, 0.29) is 11.6 Å². The summed E-state index contributed by atoms with van der Waals surface area (Å²) in [6, 6.07) is 7.21. The quantitative estimate of drug-likeness (QED) is 0.773. The van der Waals surface area contributed by atoms with E-state index in [9.17, 15) is 8.42 Å². The number of imidazole rings is 1. The predicted octanol–water partition coefficient (Wildman–Crippen LogP) is 1.59. The Bertz CT molecular complexity index is 965. The predicted molar refractivity (Wildman–Crippen MR) is 83.2 cm³/mol. The largest absolute Gasteiger partial charge is 0.424 e. The number of hydrogen-bond acceptors (Lipinski definition) is 6. The number of aromatic amines is 1. The highest BCUT2D eigenvalue weighted by Crippen LogP contribution is 2.36. The van der Waals surface area contributed by atoms with Gasteiger partial charge in [-0.2, -0.15) is 4.31 Å². The maximum atomic E-state index is 13.0. The average molecular weight is 345 g/mol. The standard InChI is InChI=1S/C15H15N5O3S/c1-10-18-19-15(23-10)13-6-11-4-2-3-5-12(11)8-20(13)24(21,22)14-7-16-9-17-14/h2-5,7,9,13H,6,8H2,1H3,(H,16,17). The van der Waals surface area contributed by atoms with Crippen LogP contribution in [0.5, 0.6) is 0 Å². The Kier molecular flexibility index (Phi) is 3.47. The van der Waals surface area contributed by atoms with Gasteiger partial charge in [0.25, 0.3) is 10.0 Å². The van der Waals surface area contributed by atoms with Crippen LogP contribution in [0.4, 0.5) is 0 Å². The lowest BCUT2D eigenvalue weighted by Crippen LogP contribution is -2.39. The molecule has 0 saturated carbocycles. The average Bonchev–Trinajstić information content (AvgIpc) is 3.25. The second kappa shape index (κ2) is 5.53. The molecule has 124 valence electrons. The monoisotopic (exact) mass is 345 g/mol. The molecule has 4 rings (SSSR count). The van der Waals surface area contributed by atoms with Crippen LogP contribution in [0.2, 0.25) is 0 Å². The molecule has 3 heterocycles. The van der Waals surface area contributed by atoms with Crippen molar-refractivity contribution in [2.24, 2.45) is 0 Å². The third-order valence-electron chi connectivity index (χ3n) is 4.09. The number of H-pyrrole nitrogens is 1. The second-order valence-corrected chi connectivity index (χ2v) is 7.47. The topological polar surface area (TPSA) is 105 Å². The van der Waals surface area contributed by atoms with E-state index < -0.39 is 16.1 Å². The van der Waals surface area contributed by atoms with Crippen molar-refractivity contribution in [2.45, 2.75) is 31.0 Å². The molecular weight excluding hydrogens is 330 g/mol. The summed E-state index contributed by atoms with van der Waals surface area (Å²) >= 11 is 0. The maximum Gasteiger partial charge on any atom is 0.261 e. The highest BCUT2D eigenvalue weighted by molar-refractivity contribution is 7.89. The molecule has 8 nitrogen and oxygen atoms in total. The van der Waals surface area contributed by atoms with Crippen molar-refractivity contribution >= 4 is 10.0 Å². The summed E-state index contributed by atoms with van der Waals surface area (Å²) in [6.45, 7) is 1.92. The lowest BCUT2D eigenvalue weighted by molar-refractivity contribution is 0.248. The summed E-state index contributed by atoms with van der Waals surface area (Å²) in [6.07, 6.45) is 3.12. The van der Waals surface area contributed by atoms with Crippen molar-refractivity contribution < 1.29 is 12.8 Å². The molecule has 1 aromatic carbocycles. The molecule has 1 aliphatic heterocycles. The van der Waals surface area contributed by atoms with Gasteiger partial charge in [0.1, 0.15) is 6.04 Å². The Morgan fingerprint density at radius 2 is 2.04 bits per heavy atom. The van der Waals surface area contributed by atoms with Crippen molar-refractivity contribution in [3.63, 3.8) is 0 Å². The fourth-order valence-electron chi connectivity index (χ4n) is 2.92.